The molecule has 3 nitrogen and oxygen atoms in total. The van der Waals surface area contributed by atoms with Crippen molar-refractivity contribution < 1.29 is 4.74 Å². The molecule has 0 aliphatic carbocycles. The topological polar surface area (TPSA) is 45.9 Å². The summed E-state index contributed by atoms with van der Waals surface area (Å²) in [4.78, 5) is 4.09. The number of hydrogen-bond donors (Lipinski definition) is 0. The Bertz CT molecular complexity index is 624. The first-order chi connectivity index (χ1) is 9.56. The summed E-state index contributed by atoms with van der Waals surface area (Å²) in [5.41, 5.74) is 1.86. The van der Waals surface area contributed by atoms with Gasteiger partial charge in [0, 0.05) is 6.20 Å². The van der Waals surface area contributed by atoms with Gasteiger partial charge in [-0.3, -0.25) is 0 Å². The molecule has 102 valence electrons. The fourth-order valence-corrected chi connectivity index (χ4v) is 1.85. The average Bonchev–Trinajstić information content (AvgIpc) is 2.48. The molecule has 2 aromatic rings. The first-order valence-corrected chi connectivity index (χ1v) is 6.70. The summed E-state index contributed by atoms with van der Waals surface area (Å²) in [6.07, 6.45) is 2.69. The Hall–Kier alpha value is -2.34. The molecular formula is C17H18N2O. The highest BCUT2D eigenvalue weighted by molar-refractivity contribution is 5.41. The van der Waals surface area contributed by atoms with Crippen molar-refractivity contribution >= 4 is 0 Å². The van der Waals surface area contributed by atoms with E-state index in [4.69, 9.17) is 10.00 Å². The largest absolute Gasteiger partial charge is 0.438 e. The van der Waals surface area contributed by atoms with E-state index in [0.29, 0.717) is 17.2 Å². The lowest BCUT2D eigenvalue weighted by Gasteiger charge is -2.23. The van der Waals surface area contributed by atoms with E-state index in [1.165, 1.54) is 5.56 Å². The second-order valence-electron chi connectivity index (χ2n) is 5.33. The predicted octanol–water partition coefficient (Wildman–Crippen LogP) is 4.43. The molecular weight excluding hydrogens is 248 g/mol. The summed E-state index contributed by atoms with van der Waals surface area (Å²) in [5, 5.41) is 9.01. The second-order valence-corrected chi connectivity index (χ2v) is 5.33. The van der Waals surface area contributed by atoms with Crippen molar-refractivity contribution in [2.45, 2.75) is 32.6 Å². The van der Waals surface area contributed by atoms with Crippen LogP contribution < -0.4 is 4.74 Å². The minimum Gasteiger partial charge on any atom is -0.438 e. The van der Waals surface area contributed by atoms with Gasteiger partial charge in [0.05, 0.1) is 0 Å². The van der Waals surface area contributed by atoms with Crippen molar-refractivity contribution in [3.63, 3.8) is 0 Å². The number of hydrogen-bond acceptors (Lipinski definition) is 3. The summed E-state index contributed by atoms with van der Waals surface area (Å²) in [6.45, 7) is 6.61. The van der Waals surface area contributed by atoms with E-state index in [1.807, 2.05) is 12.1 Å². The third-order valence-corrected chi connectivity index (χ3v) is 3.63. The molecule has 1 heterocycles. The molecule has 0 radical (unpaired) electrons. The highest BCUT2D eigenvalue weighted by atomic mass is 16.5. The van der Waals surface area contributed by atoms with Gasteiger partial charge in [0.25, 0.3) is 0 Å². The van der Waals surface area contributed by atoms with Crippen LogP contribution in [0.3, 0.4) is 0 Å². The molecule has 0 N–H and O–H groups in total. The van der Waals surface area contributed by atoms with Crippen LogP contribution in [0, 0.1) is 11.3 Å². The summed E-state index contributed by atoms with van der Waals surface area (Å²) in [6, 6.07) is 13.5. The van der Waals surface area contributed by atoms with E-state index in [-0.39, 0.29) is 5.41 Å². The van der Waals surface area contributed by atoms with Crippen LogP contribution in [0.1, 0.15) is 38.3 Å². The van der Waals surface area contributed by atoms with Gasteiger partial charge in [0.1, 0.15) is 17.4 Å². The molecule has 0 unspecified atom stereocenters. The van der Waals surface area contributed by atoms with Gasteiger partial charge < -0.3 is 4.74 Å². The van der Waals surface area contributed by atoms with E-state index < -0.39 is 0 Å². The fourth-order valence-electron chi connectivity index (χ4n) is 1.85. The SMILES string of the molecule is CCC(C)(C)c1ccc(Oc2ncccc2C#N)cc1. The molecule has 0 saturated carbocycles. The van der Waals surface area contributed by atoms with Crippen molar-refractivity contribution in [3.05, 3.63) is 53.7 Å². The van der Waals surface area contributed by atoms with Crippen LogP contribution in [0.15, 0.2) is 42.6 Å². The third-order valence-electron chi connectivity index (χ3n) is 3.63. The van der Waals surface area contributed by atoms with E-state index in [2.05, 4.69) is 44.0 Å². The van der Waals surface area contributed by atoms with Gasteiger partial charge in [-0.25, -0.2) is 4.98 Å². The van der Waals surface area contributed by atoms with Gasteiger partial charge in [0.15, 0.2) is 0 Å². The van der Waals surface area contributed by atoms with Gasteiger partial charge in [0.2, 0.25) is 5.88 Å². The smallest absolute Gasteiger partial charge is 0.237 e. The number of pyridine rings is 1. The second kappa shape index (κ2) is 5.75. The molecule has 0 fully saturated rings. The fraction of sp³-hybridized carbons (Fsp3) is 0.294. The molecule has 0 bridgehead atoms. The molecule has 20 heavy (non-hydrogen) atoms. The Morgan fingerprint density at radius 2 is 1.90 bits per heavy atom. The van der Waals surface area contributed by atoms with Crippen LogP contribution in [0.25, 0.3) is 0 Å². The summed E-state index contributed by atoms with van der Waals surface area (Å²) in [5.74, 6) is 1.04. The molecule has 0 atom stereocenters. The number of ether oxygens (including phenoxy) is 1. The number of aromatic nitrogens is 1. The number of nitrogens with zero attached hydrogens (tertiary/aromatic N) is 2. The zero-order valence-electron chi connectivity index (χ0n) is 12.1. The molecule has 1 aromatic carbocycles. The number of nitriles is 1. The van der Waals surface area contributed by atoms with Crippen LogP contribution in [0.5, 0.6) is 11.6 Å². The van der Waals surface area contributed by atoms with Crippen molar-refractivity contribution in [2.75, 3.05) is 0 Å². The first kappa shape index (κ1) is 14.1. The Labute approximate surface area is 119 Å². The zero-order valence-corrected chi connectivity index (χ0v) is 12.1. The van der Waals surface area contributed by atoms with Gasteiger partial charge in [-0.15, -0.1) is 0 Å². The summed E-state index contributed by atoms with van der Waals surface area (Å²) < 4.78 is 5.67. The normalized spacial score (nSPS) is 10.9. The predicted molar refractivity (Wildman–Crippen MR) is 78.8 cm³/mol. The zero-order chi connectivity index (χ0) is 14.6. The van der Waals surface area contributed by atoms with Crippen molar-refractivity contribution in [2.24, 2.45) is 0 Å². The van der Waals surface area contributed by atoms with E-state index >= 15 is 0 Å². The lowest BCUT2D eigenvalue weighted by atomic mass is 9.82. The average molecular weight is 266 g/mol. The van der Waals surface area contributed by atoms with Gasteiger partial charge in [-0.1, -0.05) is 32.9 Å². The Balaban J connectivity index is 2.22. The quantitative estimate of drug-likeness (QED) is 0.822. The van der Waals surface area contributed by atoms with E-state index in [9.17, 15) is 0 Å². The molecule has 0 aliphatic rings. The summed E-state index contributed by atoms with van der Waals surface area (Å²) >= 11 is 0. The van der Waals surface area contributed by atoms with Gasteiger partial charge >= 0.3 is 0 Å². The van der Waals surface area contributed by atoms with Crippen LogP contribution in [-0.2, 0) is 5.41 Å². The Morgan fingerprint density at radius 3 is 2.50 bits per heavy atom. The van der Waals surface area contributed by atoms with E-state index in [1.54, 1.807) is 18.3 Å². The van der Waals surface area contributed by atoms with Crippen LogP contribution in [-0.4, -0.2) is 4.98 Å². The van der Waals surface area contributed by atoms with Crippen LogP contribution in [0.2, 0.25) is 0 Å². The van der Waals surface area contributed by atoms with Crippen molar-refractivity contribution in [3.8, 4) is 17.7 Å². The molecule has 0 amide bonds. The molecule has 0 saturated heterocycles. The van der Waals surface area contributed by atoms with Crippen molar-refractivity contribution in [1.82, 2.24) is 4.98 Å². The van der Waals surface area contributed by atoms with Gasteiger partial charge in [-0.05, 0) is 41.7 Å². The molecule has 1 aromatic heterocycles. The lowest BCUT2D eigenvalue weighted by molar-refractivity contribution is 0.459. The Kier molecular flexibility index (Phi) is 4.05. The summed E-state index contributed by atoms with van der Waals surface area (Å²) in [7, 11) is 0. The highest BCUT2D eigenvalue weighted by Crippen LogP contribution is 2.29. The van der Waals surface area contributed by atoms with Crippen molar-refractivity contribution in [1.29, 1.82) is 5.26 Å². The molecule has 3 heteroatoms. The number of benzene rings is 1. The standard InChI is InChI=1S/C17H18N2O/c1-4-17(2,3)14-7-9-15(10-8-14)20-16-13(12-18)6-5-11-19-16/h5-11H,4H2,1-3H3. The maximum Gasteiger partial charge on any atom is 0.237 e. The number of rotatable bonds is 4. The van der Waals surface area contributed by atoms with Crippen LogP contribution in [0.4, 0.5) is 0 Å². The maximum atomic E-state index is 9.01. The lowest BCUT2D eigenvalue weighted by Crippen LogP contribution is -2.14. The minimum absolute atomic E-state index is 0.154. The maximum absolute atomic E-state index is 9.01. The molecule has 0 aliphatic heterocycles. The van der Waals surface area contributed by atoms with Crippen LogP contribution >= 0.6 is 0 Å². The minimum atomic E-state index is 0.154. The highest BCUT2D eigenvalue weighted by Gasteiger charge is 2.17. The van der Waals surface area contributed by atoms with E-state index in [0.717, 1.165) is 6.42 Å². The van der Waals surface area contributed by atoms with Gasteiger partial charge in [-0.2, -0.15) is 5.26 Å². The Morgan fingerprint density at radius 1 is 1.20 bits per heavy atom. The third kappa shape index (κ3) is 2.97. The molecule has 2 rings (SSSR count). The monoisotopic (exact) mass is 266 g/mol. The molecule has 0 spiro atoms. The first-order valence-electron chi connectivity index (χ1n) is 6.70.